The molecular weight excluding hydrogens is 112 g/mol. The standard InChI is InChI=1S/C8H12O/c1-7-3-2-4-8(5-7)6-9/h3,6,8H,2,4-5H2,1H3/t8-/m1/s1. The summed E-state index contributed by atoms with van der Waals surface area (Å²) >= 11 is 0. The van der Waals surface area contributed by atoms with Crippen LogP contribution >= 0.6 is 0 Å². The van der Waals surface area contributed by atoms with Gasteiger partial charge in [0.1, 0.15) is 6.29 Å². The summed E-state index contributed by atoms with van der Waals surface area (Å²) < 4.78 is 0. The van der Waals surface area contributed by atoms with Crippen molar-refractivity contribution in [2.45, 2.75) is 26.2 Å². The first-order valence-electron chi connectivity index (χ1n) is 3.44. The summed E-state index contributed by atoms with van der Waals surface area (Å²) in [5, 5.41) is 0. The van der Waals surface area contributed by atoms with E-state index in [1.165, 1.54) is 5.57 Å². The minimum atomic E-state index is 0.315. The highest BCUT2D eigenvalue weighted by Gasteiger charge is 2.10. The van der Waals surface area contributed by atoms with Crippen LogP contribution in [0.2, 0.25) is 0 Å². The van der Waals surface area contributed by atoms with Gasteiger partial charge in [-0.3, -0.25) is 0 Å². The molecule has 0 aromatic carbocycles. The van der Waals surface area contributed by atoms with Crippen LogP contribution < -0.4 is 0 Å². The lowest BCUT2D eigenvalue weighted by molar-refractivity contribution is -0.111. The van der Waals surface area contributed by atoms with Gasteiger partial charge < -0.3 is 4.79 Å². The number of carbonyl (C=O) groups excluding carboxylic acids is 1. The second kappa shape index (κ2) is 2.81. The summed E-state index contributed by atoms with van der Waals surface area (Å²) in [6.07, 6.45) is 6.44. The quantitative estimate of drug-likeness (QED) is 0.385. The molecule has 1 atom stereocenters. The molecule has 0 fully saturated rings. The fraction of sp³-hybridized carbons (Fsp3) is 0.625. The molecule has 1 nitrogen and oxygen atoms in total. The molecule has 0 saturated heterocycles. The first-order chi connectivity index (χ1) is 4.33. The summed E-state index contributed by atoms with van der Waals surface area (Å²) in [4.78, 5) is 10.3. The highest BCUT2D eigenvalue weighted by Crippen LogP contribution is 2.21. The fourth-order valence-corrected chi connectivity index (χ4v) is 1.26. The number of aldehydes is 1. The van der Waals surface area contributed by atoms with E-state index in [0.29, 0.717) is 5.92 Å². The molecule has 0 heterocycles. The Morgan fingerprint density at radius 3 is 3.00 bits per heavy atom. The maximum Gasteiger partial charge on any atom is 0.123 e. The summed E-state index contributed by atoms with van der Waals surface area (Å²) in [5.74, 6) is 0.315. The summed E-state index contributed by atoms with van der Waals surface area (Å²) in [6, 6.07) is 0. The van der Waals surface area contributed by atoms with Crippen molar-refractivity contribution in [3.8, 4) is 0 Å². The number of hydrogen-bond acceptors (Lipinski definition) is 1. The van der Waals surface area contributed by atoms with Gasteiger partial charge in [0.05, 0.1) is 0 Å². The van der Waals surface area contributed by atoms with Crippen LogP contribution in [-0.2, 0) is 4.79 Å². The molecule has 0 amide bonds. The largest absolute Gasteiger partial charge is 0.303 e. The van der Waals surface area contributed by atoms with E-state index in [4.69, 9.17) is 0 Å². The molecule has 0 N–H and O–H groups in total. The van der Waals surface area contributed by atoms with E-state index < -0.39 is 0 Å². The van der Waals surface area contributed by atoms with Gasteiger partial charge in [0, 0.05) is 5.92 Å². The third-order valence-electron chi connectivity index (χ3n) is 1.81. The molecule has 0 unspecified atom stereocenters. The maximum absolute atomic E-state index is 10.3. The first kappa shape index (κ1) is 6.53. The van der Waals surface area contributed by atoms with E-state index in [1.54, 1.807) is 0 Å². The molecule has 50 valence electrons. The Morgan fingerprint density at radius 2 is 2.56 bits per heavy atom. The second-order valence-electron chi connectivity index (χ2n) is 2.73. The van der Waals surface area contributed by atoms with Gasteiger partial charge in [-0.25, -0.2) is 0 Å². The Balaban J connectivity index is 2.48. The number of allylic oxidation sites excluding steroid dienone is 2. The van der Waals surface area contributed by atoms with E-state index in [0.717, 1.165) is 25.5 Å². The lowest BCUT2D eigenvalue weighted by atomic mass is 9.91. The maximum atomic E-state index is 10.3. The van der Waals surface area contributed by atoms with Gasteiger partial charge >= 0.3 is 0 Å². The zero-order valence-corrected chi connectivity index (χ0v) is 5.76. The Labute approximate surface area is 55.8 Å². The third kappa shape index (κ3) is 1.67. The Bertz CT molecular complexity index is 136. The van der Waals surface area contributed by atoms with Crippen LogP contribution in [-0.4, -0.2) is 6.29 Å². The van der Waals surface area contributed by atoms with E-state index >= 15 is 0 Å². The van der Waals surface area contributed by atoms with Gasteiger partial charge in [-0.1, -0.05) is 11.6 Å². The number of rotatable bonds is 1. The third-order valence-corrected chi connectivity index (χ3v) is 1.81. The van der Waals surface area contributed by atoms with Crippen molar-refractivity contribution in [2.24, 2.45) is 5.92 Å². The number of hydrogen-bond donors (Lipinski definition) is 0. The lowest BCUT2D eigenvalue weighted by Gasteiger charge is -2.14. The second-order valence-corrected chi connectivity index (χ2v) is 2.73. The smallest absolute Gasteiger partial charge is 0.123 e. The molecule has 0 bridgehead atoms. The molecule has 1 aliphatic carbocycles. The van der Waals surface area contributed by atoms with Crippen LogP contribution in [0.5, 0.6) is 0 Å². The van der Waals surface area contributed by atoms with Gasteiger partial charge in [0.2, 0.25) is 0 Å². The monoisotopic (exact) mass is 124 g/mol. The predicted molar refractivity (Wildman–Crippen MR) is 37.2 cm³/mol. The summed E-state index contributed by atoms with van der Waals surface area (Å²) in [5.41, 5.74) is 1.37. The van der Waals surface area contributed by atoms with Gasteiger partial charge in [-0.2, -0.15) is 0 Å². The highest BCUT2D eigenvalue weighted by molar-refractivity contribution is 5.54. The summed E-state index contributed by atoms with van der Waals surface area (Å²) in [6.45, 7) is 2.09. The van der Waals surface area contributed by atoms with Crippen LogP contribution in [0.25, 0.3) is 0 Å². The minimum Gasteiger partial charge on any atom is -0.303 e. The first-order valence-corrected chi connectivity index (χ1v) is 3.44. The normalized spacial score (nSPS) is 27.2. The van der Waals surface area contributed by atoms with Crippen molar-refractivity contribution >= 4 is 6.29 Å². The van der Waals surface area contributed by atoms with Crippen molar-refractivity contribution in [2.75, 3.05) is 0 Å². The van der Waals surface area contributed by atoms with Gasteiger partial charge in [-0.15, -0.1) is 0 Å². The Kier molecular flexibility index (Phi) is 2.04. The SMILES string of the molecule is CC1=CCC[C@@H](C=O)C1. The zero-order chi connectivity index (χ0) is 6.69. The van der Waals surface area contributed by atoms with Crippen LogP contribution in [0.4, 0.5) is 0 Å². The molecule has 0 aromatic heterocycles. The van der Waals surface area contributed by atoms with Gasteiger partial charge in [0.15, 0.2) is 0 Å². The molecule has 1 rings (SSSR count). The van der Waals surface area contributed by atoms with Crippen LogP contribution in [0.3, 0.4) is 0 Å². The van der Waals surface area contributed by atoms with E-state index in [2.05, 4.69) is 13.0 Å². The Hall–Kier alpha value is -0.590. The topological polar surface area (TPSA) is 17.1 Å². The molecule has 0 radical (unpaired) electrons. The molecule has 1 aliphatic rings. The molecule has 0 aliphatic heterocycles. The minimum absolute atomic E-state index is 0.315. The molecule has 0 spiro atoms. The van der Waals surface area contributed by atoms with Crippen molar-refractivity contribution in [3.63, 3.8) is 0 Å². The van der Waals surface area contributed by atoms with Crippen LogP contribution in [0.15, 0.2) is 11.6 Å². The zero-order valence-electron chi connectivity index (χ0n) is 5.76. The summed E-state index contributed by atoms with van der Waals surface area (Å²) in [7, 11) is 0. The average Bonchev–Trinajstić information content (AvgIpc) is 1.88. The van der Waals surface area contributed by atoms with E-state index in [9.17, 15) is 4.79 Å². The molecule has 0 aromatic rings. The highest BCUT2D eigenvalue weighted by atomic mass is 16.1. The van der Waals surface area contributed by atoms with Crippen molar-refractivity contribution < 1.29 is 4.79 Å². The lowest BCUT2D eigenvalue weighted by Crippen LogP contribution is -2.05. The Morgan fingerprint density at radius 1 is 1.78 bits per heavy atom. The molecule has 9 heavy (non-hydrogen) atoms. The average molecular weight is 124 g/mol. The molecule has 0 saturated carbocycles. The van der Waals surface area contributed by atoms with Crippen molar-refractivity contribution in [1.82, 2.24) is 0 Å². The molecule has 1 heteroatoms. The fourth-order valence-electron chi connectivity index (χ4n) is 1.26. The van der Waals surface area contributed by atoms with Gasteiger partial charge in [-0.05, 0) is 26.2 Å². The van der Waals surface area contributed by atoms with Crippen LogP contribution in [0.1, 0.15) is 26.2 Å². The number of carbonyl (C=O) groups is 1. The van der Waals surface area contributed by atoms with Crippen molar-refractivity contribution in [3.05, 3.63) is 11.6 Å². The molecular formula is C8H12O. The van der Waals surface area contributed by atoms with E-state index in [1.807, 2.05) is 0 Å². The van der Waals surface area contributed by atoms with E-state index in [-0.39, 0.29) is 0 Å². The van der Waals surface area contributed by atoms with Gasteiger partial charge in [0.25, 0.3) is 0 Å². The van der Waals surface area contributed by atoms with Crippen molar-refractivity contribution in [1.29, 1.82) is 0 Å². The predicted octanol–water partition coefficient (Wildman–Crippen LogP) is 1.93. The van der Waals surface area contributed by atoms with Crippen LogP contribution in [0, 0.1) is 5.92 Å².